The summed E-state index contributed by atoms with van der Waals surface area (Å²) in [6.45, 7) is 0. The van der Waals surface area contributed by atoms with E-state index in [2.05, 4.69) is 10.3 Å². The lowest BCUT2D eigenvalue weighted by Crippen LogP contribution is -2.69. The molecule has 7 rings (SSSR count). The van der Waals surface area contributed by atoms with E-state index in [4.69, 9.17) is 0 Å². The van der Waals surface area contributed by atoms with Gasteiger partial charge in [0.25, 0.3) is 0 Å². The van der Waals surface area contributed by atoms with Gasteiger partial charge in [-0.3, -0.25) is 19.5 Å². The van der Waals surface area contributed by atoms with E-state index in [1.54, 1.807) is 18.2 Å². The highest BCUT2D eigenvalue weighted by Gasteiger charge is 2.64. The van der Waals surface area contributed by atoms with E-state index >= 15 is 0 Å². The van der Waals surface area contributed by atoms with Crippen molar-refractivity contribution in [2.45, 2.75) is 30.2 Å². The molecule has 1 aromatic heterocycles. The topological polar surface area (TPSA) is 134 Å². The number of rotatable bonds is 4. The summed E-state index contributed by atoms with van der Waals surface area (Å²) >= 11 is 0. The number of hydrogen-bond acceptors (Lipinski definition) is 6. The number of aromatic nitrogens is 1. The van der Waals surface area contributed by atoms with Crippen LogP contribution in [0.1, 0.15) is 24.5 Å². The molecular formula is C19H17N3O6S. The van der Waals surface area contributed by atoms with Crippen molar-refractivity contribution >= 4 is 27.6 Å². The van der Waals surface area contributed by atoms with Gasteiger partial charge in [0.05, 0.1) is 11.7 Å². The monoisotopic (exact) mass is 415 g/mol. The lowest BCUT2D eigenvalue weighted by atomic mass is 9.74. The van der Waals surface area contributed by atoms with Gasteiger partial charge in [-0.15, -0.1) is 0 Å². The fraction of sp³-hybridized carbons (Fsp3) is 0.368. The van der Waals surface area contributed by atoms with Gasteiger partial charge in [0.1, 0.15) is 5.70 Å². The molecule has 1 aromatic rings. The number of carboxylic acids is 1. The maximum atomic E-state index is 13.0. The van der Waals surface area contributed by atoms with E-state index in [1.165, 1.54) is 12.3 Å². The molecule has 1 saturated carbocycles. The van der Waals surface area contributed by atoms with Crippen LogP contribution in [0.3, 0.4) is 0 Å². The zero-order valence-electron chi connectivity index (χ0n) is 15.1. The minimum atomic E-state index is -3.80. The summed E-state index contributed by atoms with van der Waals surface area (Å²) in [4.78, 5) is 43.0. The number of nitrogens with one attached hydrogen (secondary N) is 1. The zero-order chi connectivity index (χ0) is 20.5. The zero-order valence-corrected chi connectivity index (χ0v) is 15.9. The van der Waals surface area contributed by atoms with E-state index in [1.807, 2.05) is 0 Å². The fourth-order valence-electron chi connectivity index (χ4n) is 4.37. The largest absolute Gasteiger partial charge is 0.477 e. The molecule has 6 heterocycles. The third-order valence-corrected chi connectivity index (χ3v) is 7.71. The van der Waals surface area contributed by atoms with Gasteiger partial charge in [-0.05, 0) is 36.6 Å². The molecule has 0 radical (unpaired) electrons. The summed E-state index contributed by atoms with van der Waals surface area (Å²) in [5.41, 5.74) is 0.175. The van der Waals surface area contributed by atoms with Gasteiger partial charge in [-0.2, -0.15) is 0 Å². The minimum Gasteiger partial charge on any atom is -0.477 e. The molecule has 9 nitrogen and oxygen atoms in total. The molecule has 3 atom stereocenters. The number of pyridine rings is 1. The van der Waals surface area contributed by atoms with Crippen LogP contribution < -0.4 is 5.32 Å². The Bertz CT molecular complexity index is 1120. The second kappa shape index (κ2) is 5.99. The van der Waals surface area contributed by atoms with Gasteiger partial charge in [0.2, 0.25) is 11.8 Å². The molecule has 1 aliphatic carbocycles. The number of nitrogens with zero attached hydrogens (tertiary/aromatic N) is 2. The van der Waals surface area contributed by atoms with Crippen LogP contribution in [0.2, 0.25) is 0 Å². The molecule has 2 N–H and O–H groups in total. The Morgan fingerprint density at radius 1 is 1.24 bits per heavy atom. The Balaban J connectivity index is 1.76. The molecule has 4 bridgehead atoms. The summed E-state index contributed by atoms with van der Waals surface area (Å²) in [6.07, 6.45) is 4.55. The second-order valence-corrected chi connectivity index (χ2v) is 9.79. The highest BCUT2D eigenvalue weighted by Crippen LogP contribution is 2.51. The number of allylic oxidation sites excluding steroid dienone is 1. The molecular weight excluding hydrogens is 398 g/mol. The molecule has 0 spiro atoms. The Labute approximate surface area is 166 Å². The number of β-lactam (4-membered cyclic amide) rings is 1. The average Bonchev–Trinajstić information content (AvgIpc) is 3.46. The van der Waals surface area contributed by atoms with Crippen molar-refractivity contribution in [2.24, 2.45) is 5.92 Å². The standard InChI is InChI=1S/C19H17N3O6S/c23-16(21-10-4-5-10)11-7-9-8-29(27,28)18-14(13(11)12-3-1-2-6-20-12)17(24)22(18)15(9)19(25)26/h1-3,6-7,10,13-14,18H,4-5,8H2,(H,21,23)(H,25,26)/b11-7+/t13?,14?,18-/m0/s1. The van der Waals surface area contributed by atoms with E-state index < -0.39 is 50.6 Å². The van der Waals surface area contributed by atoms with Crippen molar-refractivity contribution in [1.29, 1.82) is 0 Å². The summed E-state index contributed by atoms with van der Waals surface area (Å²) in [5.74, 6) is -4.91. The molecule has 150 valence electrons. The Morgan fingerprint density at radius 2 is 2.00 bits per heavy atom. The second-order valence-electron chi connectivity index (χ2n) is 7.69. The Kier molecular flexibility index (Phi) is 3.73. The molecule has 10 heteroatoms. The normalized spacial score (nSPS) is 31.3. The first-order valence-electron chi connectivity index (χ1n) is 9.24. The smallest absolute Gasteiger partial charge is 0.352 e. The first-order valence-corrected chi connectivity index (χ1v) is 11.0. The first kappa shape index (κ1) is 18.0. The van der Waals surface area contributed by atoms with Gasteiger partial charge < -0.3 is 10.4 Å². The van der Waals surface area contributed by atoms with E-state index in [0.717, 1.165) is 17.7 Å². The summed E-state index contributed by atoms with van der Waals surface area (Å²) in [5, 5.41) is 11.2. The molecule has 5 aliphatic heterocycles. The molecule has 6 aliphatic rings. The number of carbonyl (C=O) groups excluding carboxylic acids is 2. The van der Waals surface area contributed by atoms with Crippen LogP contribution in [0.5, 0.6) is 0 Å². The van der Waals surface area contributed by atoms with Crippen molar-refractivity contribution in [3.05, 3.63) is 53.0 Å². The third kappa shape index (κ3) is 2.62. The number of aliphatic carboxylic acids is 1. The highest BCUT2D eigenvalue weighted by atomic mass is 32.2. The number of sulfone groups is 1. The van der Waals surface area contributed by atoms with Gasteiger partial charge in [-0.25, -0.2) is 13.2 Å². The van der Waals surface area contributed by atoms with Crippen LogP contribution in [0, 0.1) is 5.92 Å². The molecule has 0 aromatic carbocycles. The molecule has 1 saturated heterocycles. The highest BCUT2D eigenvalue weighted by molar-refractivity contribution is 7.92. The number of hydrogen-bond donors (Lipinski definition) is 2. The number of carbonyl (C=O) groups is 3. The summed E-state index contributed by atoms with van der Waals surface area (Å²) in [6, 6.07) is 5.07. The van der Waals surface area contributed by atoms with Crippen molar-refractivity contribution in [3.8, 4) is 0 Å². The van der Waals surface area contributed by atoms with Gasteiger partial charge in [-0.1, -0.05) is 6.07 Å². The number of amides is 2. The third-order valence-electron chi connectivity index (χ3n) is 5.76. The predicted molar refractivity (Wildman–Crippen MR) is 98.8 cm³/mol. The van der Waals surface area contributed by atoms with Crippen molar-refractivity contribution in [3.63, 3.8) is 0 Å². The Hall–Kier alpha value is -3.01. The van der Waals surface area contributed by atoms with Crippen LogP contribution in [0.4, 0.5) is 0 Å². The maximum Gasteiger partial charge on any atom is 0.352 e. The van der Waals surface area contributed by atoms with Gasteiger partial charge in [0, 0.05) is 29.4 Å². The first-order chi connectivity index (χ1) is 13.8. The SMILES string of the molecule is O=C(O)C1=C2/C=C(/C(=O)NC3CC3)C(c3ccccn3)C3C(=O)N1[C@H]3S(=O)(=O)C2. The van der Waals surface area contributed by atoms with Crippen molar-refractivity contribution in [1.82, 2.24) is 15.2 Å². The quantitative estimate of drug-likeness (QED) is 0.658. The fourth-order valence-corrected chi connectivity index (χ4v) is 6.44. The molecule has 2 unspecified atom stereocenters. The lowest BCUT2D eigenvalue weighted by Gasteiger charge is -2.52. The van der Waals surface area contributed by atoms with Crippen LogP contribution in [-0.4, -0.2) is 58.4 Å². The van der Waals surface area contributed by atoms with Gasteiger partial charge >= 0.3 is 5.97 Å². The summed E-state index contributed by atoms with van der Waals surface area (Å²) < 4.78 is 25.7. The average molecular weight is 415 g/mol. The van der Waals surface area contributed by atoms with E-state index in [0.29, 0.717) is 5.69 Å². The molecule has 2 amide bonds. The predicted octanol–water partition coefficient (Wildman–Crippen LogP) is -0.0646. The lowest BCUT2D eigenvalue weighted by molar-refractivity contribution is -0.154. The minimum absolute atomic E-state index is 0.0423. The van der Waals surface area contributed by atoms with Crippen LogP contribution in [0.15, 0.2) is 47.3 Å². The Morgan fingerprint density at radius 3 is 2.62 bits per heavy atom. The van der Waals surface area contributed by atoms with Gasteiger partial charge in [0.15, 0.2) is 15.2 Å². The summed E-state index contributed by atoms with van der Waals surface area (Å²) in [7, 11) is -3.80. The maximum absolute atomic E-state index is 13.0. The van der Waals surface area contributed by atoms with E-state index in [9.17, 15) is 27.9 Å². The molecule has 29 heavy (non-hydrogen) atoms. The van der Waals surface area contributed by atoms with Crippen LogP contribution in [-0.2, 0) is 24.2 Å². The van der Waals surface area contributed by atoms with Crippen LogP contribution >= 0.6 is 0 Å². The van der Waals surface area contributed by atoms with Crippen LogP contribution in [0.25, 0.3) is 0 Å². The number of carboxylic acid groups (broad SMARTS) is 1. The molecule has 2 fully saturated rings. The van der Waals surface area contributed by atoms with Crippen molar-refractivity contribution < 1.29 is 27.9 Å². The number of fused-ring (bicyclic) bond motifs is 1. The van der Waals surface area contributed by atoms with E-state index in [-0.39, 0.29) is 22.9 Å². The van der Waals surface area contributed by atoms with Crippen molar-refractivity contribution in [2.75, 3.05) is 5.75 Å².